The van der Waals surface area contributed by atoms with Crippen molar-refractivity contribution in [3.05, 3.63) is 72.9 Å². The van der Waals surface area contributed by atoms with Crippen LogP contribution in [0.25, 0.3) is 0 Å². The van der Waals surface area contributed by atoms with E-state index in [0.717, 1.165) is 96.3 Å². The SMILES string of the molecule is CC/C=C\C/C=C\C/C=C\C/C=C\C/C=C\CCCCCCCCCC(=O)OC(COC(=O)CCCCCCC/C=C\CCCCCCCC)COC(OCC[N+](C)(C)C)C(=O)O. The number of esters is 2. The van der Waals surface area contributed by atoms with Crippen LogP contribution < -0.4 is 0 Å². The number of quaternary nitrogens is 1. The smallest absolute Gasteiger partial charge is 0.361 e. The number of hydrogen-bond donors (Lipinski definition) is 1. The molecule has 0 aromatic heterocycles. The lowest BCUT2D eigenvalue weighted by Gasteiger charge is -2.25. The lowest BCUT2D eigenvalue weighted by Crippen LogP contribution is -2.40. The number of carboxylic acid groups (broad SMARTS) is 1. The van der Waals surface area contributed by atoms with Crippen LogP contribution >= 0.6 is 0 Å². The van der Waals surface area contributed by atoms with Crippen LogP contribution in [0.5, 0.6) is 0 Å². The maximum atomic E-state index is 12.8. The molecule has 0 amide bonds. The number of carboxylic acids is 1. The topological polar surface area (TPSA) is 108 Å². The number of hydrogen-bond acceptors (Lipinski definition) is 7. The van der Waals surface area contributed by atoms with Crippen molar-refractivity contribution in [2.24, 2.45) is 0 Å². The van der Waals surface area contributed by atoms with Gasteiger partial charge < -0.3 is 28.5 Å². The Morgan fingerprint density at radius 2 is 0.905 bits per heavy atom. The van der Waals surface area contributed by atoms with Crippen LogP contribution in [0.1, 0.15) is 194 Å². The van der Waals surface area contributed by atoms with E-state index in [2.05, 4.69) is 86.8 Å². The van der Waals surface area contributed by atoms with Gasteiger partial charge in [0.2, 0.25) is 0 Å². The standard InChI is InChI=1S/C54H93NO8/c1-6-8-10-12-14-16-18-20-22-23-24-25-26-27-28-29-31-33-35-37-39-41-43-45-52(57)63-50(49-62-54(53(58)59)60-47-46-55(3,4)5)48-61-51(56)44-42-40-38-36-34-32-30-21-19-17-15-13-11-9-7-2/h8,10,14,16,20-22,24-25,27-28,30,50,54H,6-7,9,11-13,15,17-19,23,26,29,31-49H2,1-5H3/p+1/b10-8-,16-14-,22-20-,25-24-,28-27-,30-21-. The second kappa shape index (κ2) is 45.3. The quantitative estimate of drug-likeness (QED) is 0.0212. The van der Waals surface area contributed by atoms with Crippen LogP contribution in [0.3, 0.4) is 0 Å². The van der Waals surface area contributed by atoms with E-state index in [9.17, 15) is 19.5 Å². The van der Waals surface area contributed by atoms with Gasteiger partial charge in [-0.2, -0.15) is 0 Å². The fraction of sp³-hybridized carbons (Fsp3) is 0.722. The summed E-state index contributed by atoms with van der Waals surface area (Å²) in [6.07, 6.45) is 53.9. The summed E-state index contributed by atoms with van der Waals surface area (Å²) >= 11 is 0. The zero-order chi connectivity index (χ0) is 46.3. The van der Waals surface area contributed by atoms with E-state index in [1.165, 1.54) is 64.2 Å². The van der Waals surface area contributed by atoms with Crippen molar-refractivity contribution in [3.8, 4) is 0 Å². The van der Waals surface area contributed by atoms with Gasteiger partial charge in [0, 0.05) is 12.8 Å². The van der Waals surface area contributed by atoms with Gasteiger partial charge in [0.15, 0.2) is 6.10 Å². The third kappa shape index (κ3) is 46.5. The average molecular weight is 885 g/mol. The van der Waals surface area contributed by atoms with E-state index in [1.54, 1.807) is 0 Å². The second-order valence-corrected chi connectivity index (χ2v) is 17.7. The number of ether oxygens (including phenoxy) is 4. The maximum absolute atomic E-state index is 12.8. The third-order valence-corrected chi connectivity index (χ3v) is 10.4. The van der Waals surface area contributed by atoms with Crippen molar-refractivity contribution in [3.63, 3.8) is 0 Å². The van der Waals surface area contributed by atoms with Gasteiger partial charge >= 0.3 is 17.9 Å². The second-order valence-electron chi connectivity index (χ2n) is 17.7. The lowest BCUT2D eigenvalue weighted by molar-refractivity contribution is -0.870. The molecule has 0 aliphatic carbocycles. The molecule has 0 heterocycles. The van der Waals surface area contributed by atoms with E-state index in [0.29, 0.717) is 17.4 Å². The molecule has 0 fully saturated rings. The van der Waals surface area contributed by atoms with Gasteiger partial charge in [0.1, 0.15) is 13.2 Å². The predicted octanol–water partition coefficient (Wildman–Crippen LogP) is 13.9. The Morgan fingerprint density at radius 1 is 0.492 bits per heavy atom. The van der Waals surface area contributed by atoms with Gasteiger partial charge in [0.05, 0.1) is 34.4 Å². The van der Waals surface area contributed by atoms with Crippen LogP contribution in [-0.4, -0.2) is 87.4 Å². The molecule has 63 heavy (non-hydrogen) atoms. The third-order valence-electron chi connectivity index (χ3n) is 10.4. The minimum absolute atomic E-state index is 0.181. The molecular formula is C54H94NO8+. The van der Waals surface area contributed by atoms with Crippen LogP contribution in [0.15, 0.2) is 72.9 Å². The first kappa shape index (κ1) is 59.7. The molecule has 2 atom stereocenters. The van der Waals surface area contributed by atoms with Gasteiger partial charge in [-0.15, -0.1) is 0 Å². The number of rotatable bonds is 45. The summed E-state index contributed by atoms with van der Waals surface area (Å²) in [5.41, 5.74) is 0. The lowest BCUT2D eigenvalue weighted by atomic mass is 10.1. The highest BCUT2D eigenvalue weighted by Crippen LogP contribution is 2.14. The molecule has 0 radical (unpaired) electrons. The molecule has 0 saturated heterocycles. The Bertz CT molecular complexity index is 1260. The Balaban J connectivity index is 4.39. The Kier molecular flexibility index (Phi) is 43.0. The molecule has 0 bridgehead atoms. The number of nitrogens with zero attached hydrogens (tertiary/aromatic N) is 1. The molecule has 0 aromatic rings. The van der Waals surface area contributed by atoms with E-state index in [4.69, 9.17) is 18.9 Å². The number of carbonyl (C=O) groups excluding carboxylic acids is 2. The largest absolute Gasteiger partial charge is 0.477 e. The van der Waals surface area contributed by atoms with Gasteiger partial charge in [-0.05, 0) is 83.5 Å². The Hall–Kier alpha value is -3.27. The summed E-state index contributed by atoms with van der Waals surface area (Å²) < 4.78 is 22.8. The van der Waals surface area contributed by atoms with Crippen LogP contribution in [0.4, 0.5) is 0 Å². The van der Waals surface area contributed by atoms with E-state index in [1.807, 2.05) is 21.1 Å². The molecule has 0 saturated carbocycles. The van der Waals surface area contributed by atoms with Crippen molar-refractivity contribution in [1.82, 2.24) is 0 Å². The number of allylic oxidation sites excluding steroid dienone is 12. The average Bonchev–Trinajstić information content (AvgIpc) is 3.24. The molecule has 0 aliphatic rings. The van der Waals surface area contributed by atoms with Gasteiger partial charge in [-0.25, -0.2) is 4.79 Å². The molecule has 0 aromatic carbocycles. The van der Waals surface area contributed by atoms with Crippen molar-refractivity contribution in [2.75, 3.05) is 47.5 Å². The van der Waals surface area contributed by atoms with Gasteiger partial charge in [-0.1, -0.05) is 170 Å². The molecule has 1 N–H and O–H groups in total. The predicted molar refractivity (Wildman–Crippen MR) is 263 cm³/mol. The fourth-order valence-corrected chi connectivity index (χ4v) is 6.56. The molecule has 0 rings (SSSR count). The van der Waals surface area contributed by atoms with Crippen molar-refractivity contribution >= 4 is 17.9 Å². The van der Waals surface area contributed by atoms with Crippen LogP contribution in [0, 0.1) is 0 Å². The summed E-state index contributed by atoms with van der Waals surface area (Å²) in [4.78, 5) is 37.2. The molecule has 9 heteroatoms. The summed E-state index contributed by atoms with van der Waals surface area (Å²) in [5.74, 6) is -2.04. The fourth-order valence-electron chi connectivity index (χ4n) is 6.56. The highest BCUT2D eigenvalue weighted by molar-refractivity contribution is 5.71. The van der Waals surface area contributed by atoms with E-state index < -0.39 is 24.3 Å². The van der Waals surface area contributed by atoms with Crippen molar-refractivity contribution < 1.29 is 42.9 Å². The summed E-state index contributed by atoms with van der Waals surface area (Å²) in [5, 5.41) is 9.66. The number of aliphatic carboxylic acids is 1. The summed E-state index contributed by atoms with van der Waals surface area (Å²) in [7, 11) is 5.95. The van der Waals surface area contributed by atoms with Gasteiger partial charge in [0.25, 0.3) is 6.29 Å². The zero-order valence-electron chi connectivity index (χ0n) is 41.0. The number of likely N-dealkylation sites (N-methyl/N-ethyl adjacent to an activating group) is 1. The number of carbonyl (C=O) groups is 3. The zero-order valence-corrected chi connectivity index (χ0v) is 41.0. The first-order valence-electron chi connectivity index (χ1n) is 25.1. The molecule has 0 spiro atoms. The molecule has 362 valence electrons. The van der Waals surface area contributed by atoms with E-state index in [-0.39, 0.29) is 38.6 Å². The summed E-state index contributed by atoms with van der Waals surface area (Å²) in [6, 6.07) is 0. The van der Waals surface area contributed by atoms with Gasteiger partial charge in [-0.3, -0.25) is 9.59 Å². The first-order valence-corrected chi connectivity index (χ1v) is 25.1. The Labute approximate surface area is 386 Å². The minimum Gasteiger partial charge on any atom is -0.477 e. The maximum Gasteiger partial charge on any atom is 0.361 e. The molecular weight excluding hydrogens is 791 g/mol. The first-order chi connectivity index (χ1) is 30.6. The number of unbranched alkanes of at least 4 members (excludes halogenated alkanes) is 18. The van der Waals surface area contributed by atoms with Crippen LogP contribution in [0.2, 0.25) is 0 Å². The summed E-state index contributed by atoms with van der Waals surface area (Å²) in [6.45, 7) is 4.72. The van der Waals surface area contributed by atoms with Crippen molar-refractivity contribution in [1.29, 1.82) is 0 Å². The van der Waals surface area contributed by atoms with Crippen LogP contribution in [-0.2, 0) is 33.3 Å². The highest BCUT2D eigenvalue weighted by atomic mass is 16.7. The monoisotopic (exact) mass is 885 g/mol. The molecule has 0 aliphatic heterocycles. The normalized spacial score (nSPS) is 13.5. The minimum atomic E-state index is -1.52. The Morgan fingerprint density at radius 3 is 1.37 bits per heavy atom. The molecule has 9 nitrogen and oxygen atoms in total. The van der Waals surface area contributed by atoms with E-state index >= 15 is 0 Å². The highest BCUT2D eigenvalue weighted by Gasteiger charge is 2.25. The van der Waals surface area contributed by atoms with Crippen molar-refractivity contribution in [2.45, 2.75) is 206 Å². The molecule has 2 unspecified atom stereocenters.